The second kappa shape index (κ2) is 9.18. The number of aliphatic hydroxyl groups excluding tert-OH is 1. The molecule has 0 unspecified atom stereocenters. The number of rotatable bonds is 6. The first kappa shape index (κ1) is 23.3. The summed E-state index contributed by atoms with van der Waals surface area (Å²) in [6, 6.07) is 10.2. The third-order valence-corrected chi connectivity index (χ3v) is 6.70. The van der Waals surface area contributed by atoms with Gasteiger partial charge < -0.3 is 19.7 Å². The minimum absolute atomic E-state index is 0.0707. The third-order valence-electron chi connectivity index (χ3n) is 5.63. The zero-order chi connectivity index (χ0) is 24.6. The predicted octanol–water partition coefficient (Wildman–Crippen LogP) is 4.50. The molecule has 0 aliphatic carbocycles. The molecule has 1 atom stereocenters. The number of aryl methyl sites for hydroxylation is 2. The average Bonchev–Trinajstić information content (AvgIpc) is 3.30. The molecule has 8 nitrogen and oxygen atoms in total. The Morgan fingerprint density at radius 2 is 1.85 bits per heavy atom. The molecule has 2 heterocycles. The molecule has 0 spiro atoms. The number of aromatic nitrogens is 1. The first-order valence-electron chi connectivity index (χ1n) is 10.6. The van der Waals surface area contributed by atoms with E-state index in [4.69, 9.17) is 9.47 Å². The molecule has 1 aliphatic rings. The number of carbonyl (C=O) groups is 2. The number of ether oxygens (including phenoxy) is 2. The van der Waals surface area contributed by atoms with Crippen LogP contribution in [0.25, 0.3) is 5.76 Å². The van der Waals surface area contributed by atoms with Gasteiger partial charge in [0.15, 0.2) is 16.6 Å². The molecule has 1 saturated heterocycles. The topological polar surface area (TPSA) is 109 Å². The van der Waals surface area contributed by atoms with Gasteiger partial charge in [-0.1, -0.05) is 6.07 Å². The summed E-state index contributed by atoms with van der Waals surface area (Å²) in [6.07, 6.45) is 0. The van der Waals surface area contributed by atoms with Gasteiger partial charge in [0.25, 0.3) is 5.78 Å². The number of aliphatic hydroxyl groups is 1. The number of amides is 1. The first-order chi connectivity index (χ1) is 16.3. The van der Waals surface area contributed by atoms with Gasteiger partial charge in [-0.2, -0.15) is 0 Å². The van der Waals surface area contributed by atoms with E-state index in [-0.39, 0.29) is 22.8 Å². The lowest BCUT2D eigenvalue weighted by atomic mass is 9.95. The van der Waals surface area contributed by atoms with Gasteiger partial charge in [0.2, 0.25) is 0 Å². The molecule has 4 rings (SSSR count). The highest BCUT2D eigenvalue weighted by Crippen LogP contribution is 2.45. The van der Waals surface area contributed by atoms with Crippen molar-refractivity contribution in [2.24, 2.45) is 0 Å². The first-order valence-corrected chi connectivity index (χ1v) is 11.4. The normalized spacial score (nSPS) is 17.3. The molecule has 1 fully saturated rings. The maximum Gasteiger partial charge on any atom is 0.301 e. The monoisotopic (exact) mass is 480 g/mol. The number of hydrogen-bond acceptors (Lipinski definition) is 8. The number of benzene rings is 2. The van der Waals surface area contributed by atoms with E-state index in [1.165, 1.54) is 29.4 Å². The molecular formula is C25H24N2O6S. The molecule has 1 aliphatic heterocycles. The molecule has 0 saturated carbocycles. The number of phenols is 1. The Labute approximate surface area is 200 Å². The number of anilines is 1. The standard InChI is InChI=1S/C25H24N2O6S/c1-5-33-19-12-16(8-11-18(19)28)21-20(22(29)15-6-9-17(32-4)10-7-15)23(30)24(31)27(21)25-26-13(2)14(3)34-25/h6-12,21,28-29H,5H2,1-4H3/b22-20+/t21-/m0/s1. The van der Waals surface area contributed by atoms with Gasteiger partial charge in [-0.15, -0.1) is 11.3 Å². The van der Waals surface area contributed by atoms with E-state index < -0.39 is 17.7 Å². The minimum Gasteiger partial charge on any atom is -0.507 e. The second-order valence-electron chi connectivity index (χ2n) is 7.70. The maximum absolute atomic E-state index is 13.2. The lowest BCUT2D eigenvalue weighted by molar-refractivity contribution is -0.132. The highest BCUT2D eigenvalue weighted by atomic mass is 32.1. The van der Waals surface area contributed by atoms with Crippen LogP contribution in [0.4, 0.5) is 5.13 Å². The molecule has 1 amide bonds. The largest absolute Gasteiger partial charge is 0.507 e. The Morgan fingerprint density at radius 1 is 1.15 bits per heavy atom. The van der Waals surface area contributed by atoms with Crippen LogP contribution in [0.15, 0.2) is 48.0 Å². The van der Waals surface area contributed by atoms with Gasteiger partial charge in [0.05, 0.1) is 31.0 Å². The summed E-state index contributed by atoms with van der Waals surface area (Å²) in [5, 5.41) is 21.7. The summed E-state index contributed by atoms with van der Waals surface area (Å²) in [5.74, 6) is -1.21. The maximum atomic E-state index is 13.2. The molecular weight excluding hydrogens is 456 g/mol. The third kappa shape index (κ3) is 3.99. The van der Waals surface area contributed by atoms with E-state index in [9.17, 15) is 19.8 Å². The molecule has 2 N–H and O–H groups in total. The summed E-state index contributed by atoms with van der Waals surface area (Å²) in [5.41, 5.74) is 1.52. The Hall–Kier alpha value is -3.85. The van der Waals surface area contributed by atoms with E-state index >= 15 is 0 Å². The molecule has 0 bridgehead atoms. The highest BCUT2D eigenvalue weighted by Gasteiger charge is 2.48. The number of Topliss-reactive ketones (excluding diaryl/α,β-unsaturated/α-hetero) is 1. The number of methoxy groups -OCH3 is 1. The van der Waals surface area contributed by atoms with Crippen molar-refractivity contribution < 1.29 is 29.3 Å². The van der Waals surface area contributed by atoms with Crippen molar-refractivity contribution in [2.75, 3.05) is 18.6 Å². The second-order valence-corrected chi connectivity index (χ2v) is 8.88. The fraction of sp³-hybridized carbons (Fsp3) is 0.240. The quantitative estimate of drug-likeness (QED) is 0.304. The van der Waals surface area contributed by atoms with Crippen molar-refractivity contribution in [1.29, 1.82) is 0 Å². The lowest BCUT2D eigenvalue weighted by Crippen LogP contribution is -2.29. The van der Waals surface area contributed by atoms with Gasteiger partial charge in [0, 0.05) is 10.4 Å². The summed E-state index contributed by atoms with van der Waals surface area (Å²) < 4.78 is 10.7. The van der Waals surface area contributed by atoms with E-state index in [0.717, 1.165) is 10.6 Å². The van der Waals surface area contributed by atoms with E-state index in [0.29, 0.717) is 28.6 Å². The van der Waals surface area contributed by atoms with Crippen molar-refractivity contribution in [3.05, 3.63) is 69.7 Å². The Kier molecular flexibility index (Phi) is 6.30. The number of thiazole rings is 1. The summed E-state index contributed by atoms with van der Waals surface area (Å²) >= 11 is 1.29. The molecule has 9 heteroatoms. The van der Waals surface area contributed by atoms with Crippen LogP contribution in [0, 0.1) is 13.8 Å². The van der Waals surface area contributed by atoms with Crippen LogP contribution in [-0.4, -0.2) is 40.6 Å². The van der Waals surface area contributed by atoms with Crippen LogP contribution in [-0.2, 0) is 9.59 Å². The Balaban J connectivity index is 1.94. The van der Waals surface area contributed by atoms with Gasteiger partial charge in [-0.05, 0) is 62.7 Å². The number of phenolic OH excluding ortho intramolecular Hbond substituents is 1. The van der Waals surface area contributed by atoms with Crippen molar-refractivity contribution in [2.45, 2.75) is 26.8 Å². The SMILES string of the molecule is CCOc1cc([C@H]2/C(=C(\O)c3ccc(OC)cc3)C(=O)C(=O)N2c2nc(C)c(C)s2)ccc1O. The van der Waals surface area contributed by atoms with Gasteiger partial charge >= 0.3 is 5.91 Å². The molecule has 1 aromatic heterocycles. The fourth-order valence-electron chi connectivity index (χ4n) is 3.78. The Morgan fingerprint density at radius 3 is 2.44 bits per heavy atom. The van der Waals surface area contributed by atoms with Crippen molar-refractivity contribution in [3.8, 4) is 17.2 Å². The average molecular weight is 481 g/mol. The van der Waals surface area contributed by atoms with E-state index in [1.54, 1.807) is 43.3 Å². The summed E-state index contributed by atoms with van der Waals surface area (Å²) in [6.45, 7) is 5.80. The molecule has 34 heavy (non-hydrogen) atoms. The van der Waals surface area contributed by atoms with Gasteiger partial charge in [0.1, 0.15) is 11.5 Å². The highest BCUT2D eigenvalue weighted by molar-refractivity contribution is 7.16. The van der Waals surface area contributed by atoms with Gasteiger partial charge in [-0.3, -0.25) is 14.5 Å². The lowest BCUT2D eigenvalue weighted by Gasteiger charge is -2.23. The van der Waals surface area contributed by atoms with Crippen LogP contribution in [0.5, 0.6) is 17.2 Å². The summed E-state index contributed by atoms with van der Waals surface area (Å²) in [7, 11) is 1.53. The number of carbonyl (C=O) groups excluding carboxylic acids is 2. The van der Waals surface area contributed by atoms with Crippen LogP contribution in [0.3, 0.4) is 0 Å². The van der Waals surface area contributed by atoms with Crippen LogP contribution in [0.2, 0.25) is 0 Å². The Bertz CT molecular complexity index is 1280. The zero-order valence-electron chi connectivity index (χ0n) is 19.2. The van der Waals surface area contributed by atoms with E-state index in [1.807, 2.05) is 13.8 Å². The van der Waals surface area contributed by atoms with Crippen molar-refractivity contribution in [3.63, 3.8) is 0 Å². The van der Waals surface area contributed by atoms with Gasteiger partial charge in [-0.25, -0.2) is 4.98 Å². The predicted molar refractivity (Wildman–Crippen MR) is 129 cm³/mol. The van der Waals surface area contributed by atoms with E-state index in [2.05, 4.69) is 4.98 Å². The minimum atomic E-state index is -0.966. The van der Waals surface area contributed by atoms with Crippen LogP contribution < -0.4 is 14.4 Å². The summed E-state index contributed by atoms with van der Waals surface area (Å²) in [4.78, 5) is 33.2. The van der Waals surface area contributed by atoms with Crippen LogP contribution >= 0.6 is 11.3 Å². The smallest absolute Gasteiger partial charge is 0.301 e. The molecule has 176 valence electrons. The number of aromatic hydroxyl groups is 1. The number of ketones is 1. The fourth-order valence-corrected chi connectivity index (χ4v) is 4.72. The van der Waals surface area contributed by atoms with Crippen molar-refractivity contribution in [1.82, 2.24) is 4.98 Å². The zero-order valence-corrected chi connectivity index (χ0v) is 20.0. The van der Waals surface area contributed by atoms with Crippen molar-refractivity contribution >= 4 is 33.9 Å². The molecule has 2 aromatic carbocycles. The molecule has 3 aromatic rings. The van der Waals surface area contributed by atoms with Crippen LogP contribution in [0.1, 0.15) is 34.7 Å². The number of hydrogen-bond donors (Lipinski definition) is 2. The molecule has 0 radical (unpaired) electrons. The number of nitrogens with zero attached hydrogens (tertiary/aromatic N) is 2.